The Morgan fingerprint density at radius 2 is 2.20 bits per heavy atom. The molecule has 0 saturated carbocycles. The monoisotopic (exact) mass is 292 g/mol. The summed E-state index contributed by atoms with van der Waals surface area (Å²) in [4.78, 5) is 11.8. The van der Waals surface area contributed by atoms with Crippen LogP contribution in [0.3, 0.4) is 0 Å². The molecule has 0 spiro atoms. The molecule has 0 aliphatic carbocycles. The number of carbonyl (C=O) groups is 1. The van der Waals surface area contributed by atoms with Crippen molar-refractivity contribution in [2.45, 2.75) is 39.0 Å². The number of hydrogen-bond acceptors (Lipinski definition) is 3. The van der Waals surface area contributed by atoms with Crippen LogP contribution in [-0.4, -0.2) is 18.0 Å². The summed E-state index contributed by atoms with van der Waals surface area (Å²) >= 11 is 1.46. The Hall–Kier alpha value is -1.22. The van der Waals surface area contributed by atoms with Crippen molar-refractivity contribution in [2.24, 2.45) is 0 Å². The van der Waals surface area contributed by atoms with Crippen LogP contribution in [0.1, 0.15) is 37.3 Å². The lowest BCUT2D eigenvalue weighted by molar-refractivity contribution is -0.110. The lowest BCUT2D eigenvalue weighted by Gasteiger charge is -2.10. The molecule has 3 heteroatoms. The molecule has 0 aliphatic rings. The van der Waals surface area contributed by atoms with Gasteiger partial charge >= 0.3 is 0 Å². The predicted octanol–water partition coefficient (Wildman–Crippen LogP) is 4.42. The van der Waals surface area contributed by atoms with Crippen LogP contribution in [0.2, 0.25) is 0 Å². The van der Waals surface area contributed by atoms with Crippen LogP contribution in [0.4, 0.5) is 0 Å². The van der Waals surface area contributed by atoms with Crippen molar-refractivity contribution in [1.29, 1.82) is 0 Å². The van der Waals surface area contributed by atoms with Gasteiger partial charge in [0.2, 0.25) is 0 Å². The average molecular weight is 292 g/mol. The van der Waals surface area contributed by atoms with Crippen molar-refractivity contribution in [3.05, 3.63) is 42.0 Å². The highest BCUT2D eigenvalue weighted by molar-refractivity contribution is 8.13. The van der Waals surface area contributed by atoms with Crippen LogP contribution in [-0.2, 0) is 17.6 Å². The molecule has 0 unspecified atom stereocenters. The molecule has 1 aromatic carbocycles. The molecule has 0 aromatic heterocycles. The second-order valence-electron chi connectivity index (χ2n) is 4.70. The van der Waals surface area contributed by atoms with Gasteiger partial charge in [0, 0.05) is 12.2 Å². The molecule has 0 bridgehead atoms. The van der Waals surface area contributed by atoms with Crippen molar-refractivity contribution >= 4 is 16.9 Å². The normalized spacial score (nSPS) is 10.3. The molecule has 0 atom stereocenters. The van der Waals surface area contributed by atoms with Gasteiger partial charge in [-0.2, -0.15) is 0 Å². The van der Waals surface area contributed by atoms with Crippen molar-refractivity contribution in [2.75, 3.05) is 12.9 Å². The Morgan fingerprint density at radius 3 is 2.85 bits per heavy atom. The van der Waals surface area contributed by atoms with Crippen LogP contribution in [0, 0.1) is 0 Å². The highest BCUT2D eigenvalue weighted by Crippen LogP contribution is 2.21. The number of ether oxygens (including phenoxy) is 1. The van der Waals surface area contributed by atoms with Gasteiger partial charge < -0.3 is 4.74 Å². The lowest BCUT2D eigenvalue weighted by atomic mass is 10.0. The molecule has 1 aromatic rings. The van der Waals surface area contributed by atoms with Crippen molar-refractivity contribution < 1.29 is 9.53 Å². The molecule has 0 saturated heterocycles. The minimum Gasteiger partial charge on any atom is -0.497 e. The van der Waals surface area contributed by atoms with E-state index in [0.717, 1.165) is 37.2 Å². The minimum absolute atomic E-state index is 0.283. The maximum Gasteiger partial charge on any atom is 0.189 e. The van der Waals surface area contributed by atoms with Gasteiger partial charge in [-0.25, -0.2) is 0 Å². The number of carbonyl (C=O) groups excluding carboxylic acids is 1. The zero-order chi connectivity index (χ0) is 14.8. The van der Waals surface area contributed by atoms with Crippen LogP contribution in [0.25, 0.3) is 0 Å². The number of rotatable bonds is 9. The summed E-state index contributed by atoms with van der Waals surface area (Å²) in [6, 6.07) is 6.05. The number of aryl methyl sites for hydroxylation is 1. The maximum absolute atomic E-state index is 11.8. The zero-order valence-electron chi connectivity index (χ0n) is 12.5. The zero-order valence-corrected chi connectivity index (χ0v) is 13.3. The van der Waals surface area contributed by atoms with Crippen LogP contribution >= 0.6 is 11.8 Å². The van der Waals surface area contributed by atoms with E-state index >= 15 is 0 Å². The van der Waals surface area contributed by atoms with Crippen molar-refractivity contribution in [3.63, 3.8) is 0 Å². The molecular weight excluding hydrogens is 268 g/mol. The van der Waals surface area contributed by atoms with Crippen LogP contribution in [0.5, 0.6) is 5.75 Å². The van der Waals surface area contributed by atoms with Gasteiger partial charge in [0.15, 0.2) is 5.12 Å². The Balaban J connectivity index is 2.60. The molecular formula is C17H24O2S. The third-order valence-corrected chi connectivity index (χ3v) is 4.16. The van der Waals surface area contributed by atoms with E-state index < -0.39 is 0 Å². The third kappa shape index (κ3) is 5.83. The Labute approximate surface area is 126 Å². The molecule has 0 radical (unpaired) electrons. The Kier molecular flexibility index (Phi) is 8.12. The SMILES string of the molecule is C=CCc1ccc(OC)cc1CCC(=O)SCCCC. The van der Waals surface area contributed by atoms with Gasteiger partial charge in [-0.15, -0.1) is 6.58 Å². The maximum atomic E-state index is 11.8. The fraction of sp³-hybridized carbons (Fsp3) is 0.471. The van der Waals surface area contributed by atoms with Gasteiger partial charge in [-0.3, -0.25) is 4.79 Å². The summed E-state index contributed by atoms with van der Waals surface area (Å²) in [7, 11) is 1.66. The van der Waals surface area contributed by atoms with Gasteiger partial charge in [0.25, 0.3) is 0 Å². The van der Waals surface area contributed by atoms with Crippen LogP contribution < -0.4 is 4.74 Å². The molecule has 20 heavy (non-hydrogen) atoms. The first-order valence-electron chi connectivity index (χ1n) is 7.13. The van der Waals surface area contributed by atoms with Crippen molar-refractivity contribution in [3.8, 4) is 5.75 Å². The highest BCUT2D eigenvalue weighted by atomic mass is 32.2. The quantitative estimate of drug-likeness (QED) is 0.498. The molecule has 0 aliphatic heterocycles. The van der Waals surface area contributed by atoms with E-state index in [-0.39, 0.29) is 5.12 Å². The largest absolute Gasteiger partial charge is 0.497 e. The van der Waals surface area contributed by atoms with E-state index in [4.69, 9.17) is 4.74 Å². The van der Waals surface area contributed by atoms with E-state index in [2.05, 4.69) is 19.6 Å². The van der Waals surface area contributed by atoms with Crippen molar-refractivity contribution in [1.82, 2.24) is 0 Å². The lowest BCUT2D eigenvalue weighted by Crippen LogP contribution is -2.00. The van der Waals surface area contributed by atoms with E-state index in [1.807, 2.05) is 18.2 Å². The Bertz CT molecular complexity index is 441. The number of thioether (sulfide) groups is 1. The summed E-state index contributed by atoms with van der Waals surface area (Å²) in [5.41, 5.74) is 2.42. The first-order valence-corrected chi connectivity index (χ1v) is 8.12. The van der Waals surface area contributed by atoms with Gasteiger partial charge in [-0.05, 0) is 42.5 Å². The predicted molar refractivity (Wildman–Crippen MR) is 87.6 cm³/mol. The summed E-state index contributed by atoms with van der Waals surface area (Å²) < 4.78 is 5.26. The van der Waals surface area contributed by atoms with Crippen LogP contribution in [0.15, 0.2) is 30.9 Å². The molecule has 1 rings (SSSR count). The van der Waals surface area contributed by atoms with E-state index in [1.165, 1.54) is 22.9 Å². The number of benzene rings is 1. The Morgan fingerprint density at radius 1 is 1.40 bits per heavy atom. The van der Waals surface area contributed by atoms with E-state index in [0.29, 0.717) is 6.42 Å². The fourth-order valence-corrected chi connectivity index (χ4v) is 2.86. The van der Waals surface area contributed by atoms with E-state index in [1.54, 1.807) is 7.11 Å². The minimum atomic E-state index is 0.283. The smallest absolute Gasteiger partial charge is 0.189 e. The second kappa shape index (κ2) is 9.65. The standard InChI is InChI=1S/C17H24O2S/c1-4-6-12-20-17(18)11-9-15-13-16(19-3)10-8-14(15)7-5-2/h5,8,10,13H,2,4,6-7,9,11-12H2,1,3H3. The molecule has 0 amide bonds. The second-order valence-corrected chi connectivity index (χ2v) is 5.85. The summed E-state index contributed by atoms with van der Waals surface area (Å²) in [5, 5.41) is 0.283. The molecule has 0 fully saturated rings. The average Bonchev–Trinajstić information content (AvgIpc) is 2.46. The first-order chi connectivity index (χ1) is 9.71. The fourth-order valence-electron chi connectivity index (χ4n) is 1.96. The third-order valence-electron chi connectivity index (χ3n) is 3.14. The molecule has 110 valence electrons. The molecule has 2 nitrogen and oxygen atoms in total. The number of unbranched alkanes of at least 4 members (excludes halogenated alkanes) is 1. The molecule has 0 N–H and O–H groups in total. The van der Waals surface area contributed by atoms with Gasteiger partial charge in [0.1, 0.15) is 5.75 Å². The first kappa shape index (κ1) is 16.8. The topological polar surface area (TPSA) is 26.3 Å². The summed E-state index contributed by atoms with van der Waals surface area (Å²) in [6.45, 7) is 5.92. The summed E-state index contributed by atoms with van der Waals surface area (Å²) in [5.74, 6) is 1.78. The van der Waals surface area contributed by atoms with Gasteiger partial charge in [-0.1, -0.05) is 37.2 Å². The summed E-state index contributed by atoms with van der Waals surface area (Å²) in [6.07, 6.45) is 6.33. The number of hydrogen-bond donors (Lipinski definition) is 0. The molecule has 0 heterocycles. The number of methoxy groups -OCH3 is 1. The highest BCUT2D eigenvalue weighted by Gasteiger charge is 2.07. The van der Waals surface area contributed by atoms with E-state index in [9.17, 15) is 4.79 Å². The number of allylic oxidation sites excluding steroid dienone is 1. The van der Waals surface area contributed by atoms with Gasteiger partial charge in [0.05, 0.1) is 7.11 Å².